The van der Waals surface area contributed by atoms with Crippen molar-refractivity contribution in [1.29, 1.82) is 0 Å². The minimum atomic E-state index is -3.75. The lowest BCUT2D eigenvalue weighted by Gasteiger charge is -2.41. The van der Waals surface area contributed by atoms with E-state index in [0.29, 0.717) is 38.2 Å². The van der Waals surface area contributed by atoms with Crippen LogP contribution in [0.3, 0.4) is 0 Å². The zero-order chi connectivity index (χ0) is 30.4. The maximum absolute atomic E-state index is 14.2. The lowest BCUT2D eigenvalue weighted by atomic mass is 9.74. The third kappa shape index (κ3) is 5.19. The van der Waals surface area contributed by atoms with Gasteiger partial charge in [0, 0.05) is 48.7 Å². The molecule has 224 valence electrons. The van der Waals surface area contributed by atoms with Crippen LogP contribution in [-0.4, -0.2) is 61.8 Å². The molecule has 1 aromatic heterocycles. The minimum absolute atomic E-state index is 0.0743. The molecule has 2 amide bonds. The van der Waals surface area contributed by atoms with E-state index in [4.69, 9.17) is 5.73 Å². The highest BCUT2D eigenvalue weighted by atomic mass is 32.2. The van der Waals surface area contributed by atoms with Crippen molar-refractivity contribution in [3.05, 3.63) is 96.2 Å². The molecule has 3 aromatic carbocycles. The first kappa shape index (κ1) is 28.9. The predicted molar refractivity (Wildman–Crippen MR) is 167 cm³/mol. The molecule has 6 rings (SSSR count). The molecule has 4 aromatic rings. The topological polar surface area (TPSA) is 129 Å². The second-order valence-corrected chi connectivity index (χ2v) is 14.1. The number of benzene rings is 3. The van der Waals surface area contributed by atoms with E-state index in [1.54, 1.807) is 44.2 Å². The third-order valence-electron chi connectivity index (χ3n) is 8.90. The maximum atomic E-state index is 14.2. The van der Waals surface area contributed by atoms with Gasteiger partial charge < -0.3 is 20.9 Å². The van der Waals surface area contributed by atoms with Crippen molar-refractivity contribution >= 4 is 38.4 Å². The molecule has 0 bridgehead atoms. The molecular formula is C33H37N5O4S. The number of nitrogens with zero attached hydrogens (tertiary/aromatic N) is 2. The SMILES string of the molecule is CC(C)(N)C(=O)NC[C@H](C(=O)N1CCC2(CC1)CN(S(=O)(=O)c1ccccc1)c1ccccc12)c1c[nH]c2ccccc12. The van der Waals surface area contributed by atoms with Crippen molar-refractivity contribution < 1.29 is 18.0 Å². The number of fused-ring (bicyclic) bond motifs is 3. The van der Waals surface area contributed by atoms with Crippen LogP contribution in [0.5, 0.6) is 0 Å². The number of anilines is 1. The fraction of sp³-hybridized carbons (Fsp3) is 0.333. The summed E-state index contributed by atoms with van der Waals surface area (Å²) in [5.41, 5.74) is 7.99. The van der Waals surface area contributed by atoms with E-state index in [9.17, 15) is 18.0 Å². The number of carbonyl (C=O) groups is 2. The molecule has 9 nitrogen and oxygen atoms in total. The first-order chi connectivity index (χ1) is 20.5. The van der Waals surface area contributed by atoms with Gasteiger partial charge in [-0.05, 0) is 62.1 Å². The van der Waals surface area contributed by atoms with Crippen molar-refractivity contribution in [3.8, 4) is 0 Å². The minimum Gasteiger partial charge on any atom is -0.361 e. The molecule has 2 aliphatic heterocycles. The average Bonchev–Trinajstić information content (AvgIpc) is 3.58. The molecule has 0 saturated carbocycles. The molecule has 1 saturated heterocycles. The van der Waals surface area contributed by atoms with Crippen molar-refractivity contribution in [1.82, 2.24) is 15.2 Å². The molecule has 1 atom stereocenters. The van der Waals surface area contributed by atoms with Crippen LogP contribution in [0.25, 0.3) is 10.9 Å². The number of sulfonamides is 1. The fourth-order valence-corrected chi connectivity index (χ4v) is 8.05. The van der Waals surface area contributed by atoms with Gasteiger partial charge in [0.25, 0.3) is 10.0 Å². The number of carbonyl (C=O) groups excluding carboxylic acids is 2. The molecule has 1 spiro atoms. The molecule has 0 radical (unpaired) electrons. The molecule has 0 aliphatic carbocycles. The van der Waals surface area contributed by atoms with Crippen molar-refractivity contribution in [2.45, 2.75) is 48.5 Å². The number of aromatic nitrogens is 1. The van der Waals surface area contributed by atoms with Gasteiger partial charge in [0.1, 0.15) is 0 Å². The lowest BCUT2D eigenvalue weighted by molar-refractivity contribution is -0.134. The van der Waals surface area contributed by atoms with E-state index >= 15 is 0 Å². The Labute approximate surface area is 252 Å². The molecule has 43 heavy (non-hydrogen) atoms. The number of nitrogens with one attached hydrogen (secondary N) is 2. The summed E-state index contributed by atoms with van der Waals surface area (Å²) in [6.45, 7) is 4.67. The standard InChI is InChI=1S/C33H37N5O4S/c1-32(2,34)31(40)36-21-26(25-20-35-28-14-8-6-12-24(25)28)30(39)37-18-16-33(17-19-37)22-38(29-15-9-7-13-27(29)33)43(41,42)23-10-4-3-5-11-23/h3-15,20,26,35H,16-19,21-22,34H2,1-2H3,(H,36,40)/t26-/m0/s1. The molecule has 3 heterocycles. The number of nitrogens with two attached hydrogens (primary N) is 1. The van der Waals surface area contributed by atoms with Crippen LogP contribution < -0.4 is 15.4 Å². The van der Waals surface area contributed by atoms with Crippen LogP contribution >= 0.6 is 0 Å². The summed E-state index contributed by atoms with van der Waals surface area (Å²) >= 11 is 0. The largest absolute Gasteiger partial charge is 0.361 e. The van der Waals surface area contributed by atoms with Gasteiger partial charge in [0.05, 0.1) is 22.0 Å². The fourth-order valence-electron chi connectivity index (χ4n) is 6.46. The Bertz CT molecular complexity index is 1770. The number of hydrogen-bond donors (Lipinski definition) is 3. The number of likely N-dealkylation sites (tertiary alicyclic amines) is 1. The Balaban J connectivity index is 1.26. The van der Waals surface area contributed by atoms with E-state index < -0.39 is 26.9 Å². The zero-order valence-electron chi connectivity index (χ0n) is 24.4. The number of aromatic amines is 1. The van der Waals surface area contributed by atoms with Gasteiger partial charge in [-0.25, -0.2) is 8.42 Å². The number of amides is 2. The van der Waals surface area contributed by atoms with Crippen molar-refractivity contribution in [2.24, 2.45) is 5.73 Å². The number of piperidine rings is 1. The summed E-state index contributed by atoms with van der Waals surface area (Å²) in [7, 11) is -3.75. The molecule has 2 aliphatic rings. The van der Waals surface area contributed by atoms with Crippen LogP contribution in [0.15, 0.2) is 90.0 Å². The summed E-state index contributed by atoms with van der Waals surface area (Å²) < 4.78 is 29.0. The van der Waals surface area contributed by atoms with Gasteiger partial charge in [-0.1, -0.05) is 54.6 Å². The summed E-state index contributed by atoms with van der Waals surface area (Å²) in [6, 6.07) is 24.0. The second-order valence-electron chi connectivity index (χ2n) is 12.2. The Hall–Kier alpha value is -4.15. The monoisotopic (exact) mass is 599 g/mol. The highest BCUT2D eigenvalue weighted by molar-refractivity contribution is 7.92. The first-order valence-corrected chi connectivity index (χ1v) is 16.0. The highest BCUT2D eigenvalue weighted by Gasteiger charge is 2.49. The summed E-state index contributed by atoms with van der Waals surface area (Å²) in [5, 5.41) is 3.83. The average molecular weight is 600 g/mol. The van der Waals surface area contributed by atoms with Crippen LogP contribution in [0.2, 0.25) is 0 Å². The normalized spacial score (nSPS) is 17.2. The summed E-state index contributed by atoms with van der Waals surface area (Å²) in [4.78, 5) is 32.2. The van der Waals surface area contributed by atoms with Crippen molar-refractivity contribution in [3.63, 3.8) is 0 Å². The highest BCUT2D eigenvalue weighted by Crippen LogP contribution is 2.49. The number of rotatable bonds is 7. The molecule has 4 N–H and O–H groups in total. The van der Waals surface area contributed by atoms with Crippen LogP contribution in [0.1, 0.15) is 43.7 Å². The Kier molecular flexibility index (Phi) is 7.30. The number of H-pyrrole nitrogens is 1. The number of para-hydroxylation sites is 2. The van der Waals surface area contributed by atoms with E-state index in [2.05, 4.69) is 10.3 Å². The number of hydrogen-bond acceptors (Lipinski definition) is 5. The van der Waals surface area contributed by atoms with Crippen LogP contribution in [-0.2, 0) is 25.0 Å². The smallest absolute Gasteiger partial charge is 0.264 e. The Morgan fingerprint density at radius 2 is 1.63 bits per heavy atom. The van der Waals surface area contributed by atoms with Gasteiger partial charge in [0.15, 0.2) is 0 Å². The molecule has 10 heteroatoms. The van der Waals surface area contributed by atoms with Gasteiger partial charge in [-0.3, -0.25) is 13.9 Å². The zero-order valence-corrected chi connectivity index (χ0v) is 25.2. The van der Waals surface area contributed by atoms with Gasteiger partial charge >= 0.3 is 0 Å². The molecule has 0 unspecified atom stereocenters. The van der Waals surface area contributed by atoms with E-state index in [1.165, 1.54) is 4.31 Å². The van der Waals surface area contributed by atoms with Gasteiger partial charge in [0.2, 0.25) is 11.8 Å². The van der Waals surface area contributed by atoms with Gasteiger partial charge in [-0.15, -0.1) is 0 Å². The molecule has 1 fully saturated rings. The van der Waals surface area contributed by atoms with E-state index in [0.717, 1.165) is 22.0 Å². The first-order valence-electron chi connectivity index (χ1n) is 14.6. The Morgan fingerprint density at radius 1 is 0.977 bits per heavy atom. The lowest BCUT2D eigenvalue weighted by Crippen LogP contribution is -2.52. The second kappa shape index (κ2) is 10.8. The summed E-state index contributed by atoms with van der Waals surface area (Å²) in [5.74, 6) is -1.01. The quantitative estimate of drug-likeness (QED) is 0.297. The van der Waals surface area contributed by atoms with Crippen LogP contribution in [0.4, 0.5) is 5.69 Å². The molecular weight excluding hydrogens is 562 g/mol. The van der Waals surface area contributed by atoms with Gasteiger partial charge in [-0.2, -0.15) is 0 Å². The maximum Gasteiger partial charge on any atom is 0.264 e. The Morgan fingerprint density at radius 3 is 2.35 bits per heavy atom. The van der Waals surface area contributed by atoms with Crippen LogP contribution in [0, 0.1) is 0 Å². The van der Waals surface area contributed by atoms with E-state index in [-0.39, 0.29) is 23.3 Å². The predicted octanol–water partition coefficient (Wildman–Crippen LogP) is 3.87. The van der Waals surface area contributed by atoms with Crippen molar-refractivity contribution in [2.75, 3.05) is 30.5 Å². The summed E-state index contributed by atoms with van der Waals surface area (Å²) in [6.07, 6.45) is 3.09. The third-order valence-corrected chi connectivity index (χ3v) is 10.7. The van der Waals surface area contributed by atoms with E-state index in [1.807, 2.05) is 59.6 Å².